The molecule has 0 aromatic heterocycles. The van der Waals surface area contributed by atoms with Crippen molar-refractivity contribution in [1.82, 2.24) is 5.32 Å². The Morgan fingerprint density at radius 3 is 2.65 bits per heavy atom. The molecular weight excluding hydrogens is 474 g/mol. The Balaban J connectivity index is 1.64. The van der Waals surface area contributed by atoms with Crippen LogP contribution in [0.15, 0.2) is 58.6 Å². The fourth-order valence-electron chi connectivity index (χ4n) is 4.77. The van der Waals surface area contributed by atoms with E-state index in [4.69, 9.17) is 25.1 Å². The van der Waals surface area contributed by atoms with Gasteiger partial charge in [-0.1, -0.05) is 29.4 Å². The van der Waals surface area contributed by atoms with Crippen molar-refractivity contribution in [3.63, 3.8) is 0 Å². The Bertz CT molecular complexity index is 1160. The van der Waals surface area contributed by atoms with Crippen LogP contribution >= 0.6 is 0 Å². The van der Waals surface area contributed by atoms with Gasteiger partial charge in [0.1, 0.15) is 11.9 Å². The number of benzene rings is 2. The molecule has 2 aromatic carbocycles. The molecule has 3 N–H and O–H groups in total. The van der Waals surface area contributed by atoms with E-state index in [1.54, 1.807) is 24.3 Å². The summed E-state index contributed by atoms with van der Waals surface area (Å²) in [6, 6.07) is 14.3. The van der Waals surface area contributed by atoms with Crippen LogP contribution in [0.5, 0.6) is 5.75 Å². The lowest BCUT2D eigenvalue weighted by atomic mass is 9.84. The molecule has 0 unspecified atom stereocenters. The van der Waals surface area contributed by atoms with Crippen molar-refractivity contribution in [2.24, 2.45) is 10.1 Å². The Labute approximate surface area is 216 Å². The summed E-state index contributed by atoms with van der Waals surface area (Å²) in [5.74, 6) is 0.761. The number of aliphatic hydroxyl groups excluding tert-OH is 2. The maximum absolute atomic E-state index is 13.9. The summed E-state index contributed by atoms with van der Waals surface area (Å²) < 4.78 is 11.8. The quantitative estimate of drug-likeness (QED) is 0.193. The Morgan fingerprint density at radius 2 is 1.95 bits per heavy atom. The average molecular weight is 508 g/mol. The molecule has 1 aliphatic heterocycles. The molecule has 1 fully saturated rings. The van der Waals surface area contributed by atoms with Gasteiger partial charge in [-0.25, -0.2) is 4.99 Å². The predicted molar refractivity (Wildman–Crippen MR) is 139 cm³/mol. The molecule has 0 radical (unpaired) electrons. The fraction of sp³-hybridized carbons (Fsp3) is 0.481. The van der Waals surface area contributed by atoms with Gasteiger partial charge in [-0.05, 0) is 68.0 Å². The van der Waals surface area contributed by atoms with Gasteiger partial charge in [0.15, 0.2) is 5.54 Å². The highest BCUT2D eigenvalue weighted by Crippen LogP contribution is 2.36. The fourth-order valence-corrected chi connectivity index (χ4v) is 4.77. The minimum absolute atomic E-state index is 0.0537. The van der Waals surface area contributed by atoms with E-state index >= 15 is 0 Å². The van der Waals surface area contributed by atoms with E-state index in [1.165, 1.54) is 0 Å². The minimum Gasteiger partial charge on any atom is -0.494 e. The van der Waals surface area contributed by atoms with E-state index in [1.807, 2.05) is 31.2 Å². The summed E-state index contributed by atoms with van der Waals surface area (Å²) in [5.41, 5.74) is 9.61. The van der Waals surface area contributed by atoms with Crippen molar-refractivity contribution >= 4 is 17.5 Å². The third-order valence-corrected chi connectivity index (χ3v) is 6.96. The second-order valence-corrected chi connectivity index (χ2v) is 9.53. The molecule has 4 rings (SSSR count). The van der Waals surface area contributed by atoms with Gasteiger partial charge in [0.25, 0.3) is 5.91 Å². The monoisotopic (exact) mass is 507 g/mol. The van der Waals surface area contributed by atoms with E-state index in [-0.39, 0.29) is 31.1 Å². The number of aliphatic imine (C=N–C) groups is 1. The number of hydrogen-bond acceptors (Lipinski definition) is 7. The van der Waals surface area contributed by atoms with Crippen LogP contribution in [-0.2, 0) is 16.0 Å². The topological polar surface area (TPSA) is 149 Å². The second kappa shape index (κ2) is 12.1. The van der Waals surface area contributed by atoms with Gasteiger partial charge in [0.2, 0.25) is 5.90 Å². The van der Waals surface area contributed by atoms with Crippen LogP contribution in [0, 0.1) is 0 Å². The molecule has 0 saturated heterocycles. The van der Waals surface area contributed by atoms with Crippen molar-refractivity contribution in [1.29, 1.82) is 0 Å². The molecule has 0 spiro atoms. The van der Waals surface area contributed by atoms with E-state index in [0.717, 1.165) is 0 Å². The Morgan fingerprint density at radius 1 is 1.22 bits per heavy atom. The molecule has 2 aliphatic rings. The van der Waals surface area contributed by atoms with Crippen molar-refractivity contribution in [3.8, 4) is 5.75 Å². The van der Waals surface area contributed by atoms with Gasteiger partial charge in [-0.3, -0.25) is 4.79 Å². The highest BCUT2D eigenvalue weighted by Gasteiger charge is 2.51. The molecule has 196 valence electrons. The van der Waals surface area contributed by atoms with E-state index in [0.29, 0.717) is 67.2 Å². The number of rotatable bonds is 10. The number of ether oxygens (including phenoxy) is 2. The lowest BCUT2D eigenvalue weighted by molar-refractivity contribution is -0.129. The van der Waals surface area contributed by atoms with Crippen LogP contribution in [-0.4, -0.2) is 59.0 Å². The summed E-state index contributed by atoms with van der Waals surface area (Å²) in [6.45, 7) is 2.30. The Hall–Kier alpha value is -3.59. The van der Waals surface area contributed by atoms with Crippen LogP contribution < -0.4 is 10.1 Å². The number of carbonyl (C=O) groups excluding carboxylic acids is 1. The molecule has 0 bridgehead atoms. The third kappa shape index (κ3) is 6.22. The number of nitrogens with one attached hydrogen (secondary N) is 1. The standard InChI is InChI=1S/C27H33N5O5/c1-18-27(17-20-5-2-3-6-24(20)31-32-28,26(35)29-21-9-11-22(34)12-10-21)30-25(37-18)19-7-13-23(14-8-19)36-16-4-15-33/h2-3,5-8,13-14,18,21-22,33-34H,4,9-12,15-17H2,1H3,(H,29,35)/t18-,21?,22?,27-/m1/s1. The molecule has 1 saturated carbocycles. The highest BCUT2D eigenvalue weighted by atomic mass is 16.5. The van der Waals surface area contributed by atoms with Crippen LogP contribution in [0.2, 0.25) is 0 Å². The zero-order valence-electron chi connectivity index (χ0n) is 20.9. The lowest BCUT2D eigenvalue weighted by Crippen LogP contribution is -2.55. The summed E-state index contributed by atoms with van der Waals surface area (Å²) in [4.78, 5) is 21.7. The summed E-state index contributed by atoms with van der Waals surface area (Å²) in [5, 5.41) is 25.8. The first-order valence-corrected chi connectivity index (χ1v) is 12.7. The lowest BCUT2D eigenvalue weighted by Gasteiger charge is -2.33. The molecule has 1 amide bonds. The molecular formula is C27H33N5O5. The van der Waals surface area contributed by atoms with Crippen molar-refractivity contribution < 1.29 is 24.5 Å². The molecule has 2 atom stereocenters. The first kappa shape index (κ1) is 26.5. The normalized spacial score (nSPS) is 24.9. The first-order chi connectivity index (χ1) is 17.9. The van der Waals surface area contributed by atoms with Gasteiger partial charge >= 0.3 is 0 Å². The molecule has 2 aromatic rings. The molecule has 1 aliphatic carbocycles. The molecule has 37 heavy (non-hydrogen) atoms. The number of nitrogens with zero attached hydrogens (tertiary/aromatic N) is 4. The van der Waals surface area contributed by atoms with Crippen LogP contribution in [0.4, 0.5) is 5.69 Å². The summed E-state index contributed by atoms with van der Waals surface area (Å²) >= 11 is 0. The molecule has 10 nitrogen and oxygen atoms in total. The number of hydrogen-bond donors (Lipinski definition) is 3. The van der Waals surface area contributed by atoms with E-state index in [2.05, 4.69) is 15.3 Å². The largest absolute Gasteiger partial charge is 0.494 e. The minimum atomic E-state index is -1.28. The Kier molecular flexibility index (Phi) is 8.66. The zero-order chi connectivity index (χ0) is 26.3. The first-order valence-electron chi connectivity index (χ1n) is 12.7. The molecule has 10 heteroatoms. The zero-order valence-corrected chi connectivity index (χ0v) is 20.9. The van der Waals surface area contributed by atoms with Crippen molar-refractivity contribution in [2.75, 3.05) is 13.2 Å². The van der Waals surface area contributed by atoms with Crippen LogP contribution in [0.1, 0.15) is 50.2 Å². The van der Waals surface area contributed by atoms with Gasteiger partial charge in [-0.15, -0.1) is 0 Å². The van der Waals surface area contributed by atoms with Gasteiger partial charge in [-0.2, -0.15) is 0 Å². The maximum Gasteiger partial charge on any atom is 0.252 e. The summed E-state index contributed by atoms with van der Waals surface area (Å²) in [7, 11) is 0. The van der Waals surface area contributed by atoms with Crippen molar-refractivity contribution in [3.05, 3.63) is 70.1 Å². The van der Waals surface area contributed by atoms with Gasteiger partial charge < -0.3 is 25.0 Å². The number of amides is 1. The number of azide groups is 1. The van der Waals surface area contributed by atoms with Crippen molar-refractivity contribution in [2.45, 2.75) is 69.2 Å². The second-order valence-electron chi connectivity index (χ2n) is 9.53. The third-order valence-electron chi connectivity index (χ3n) is 6.96. The van der Waals surface area contributed by atoms with Gasteiger partial charge in [0, 0.05) is 41.7 Å². The highest BCUT2D eigenvalue weighted by molar-refractivity contribution is 6.01. The molecule has 1 heterocycles. The van der Waals surface area contributed by atoms with Gasteiger partial charge in [0.05, 0.1) is 12.7 Å². The maximum atomic E-state index is 13.9. The average Bonchev–Trinajstić information content (AvgIpc) is 3.24. The predicted octanol–water partition coefficient (Wildman–Crippen LogP) is 3.96. The van der Waals surface area contributed by atoms with Crippen LogP contribution in [0.3, 0.4) is 0 Å². The SMILES string of the molecule is C[C@H]1OC(c2ccc(OCCCO)cc2)=N[C@@]1(Cc1ccccc1N=[N+]=[N-])C(=O)NC1CCC(O)CC1. The number of carbonyl (C=O) groups is 1. The van der Waals surface area contributed by atoms with E-state index < -0.39 is 11.6 Å². The number of aliphatic hydroxyl groups is 2. The van der Waals surface area contributed by atoms with Crippen LogP contribution in [0.25, 0.3) is 10.4 Å². The summed E-state index contributed by atoms with van der Waals surface area (Å²) in [6.07, 6.45) is 2.50. The van der Waals surface area contributed by atoms with E-state index in [9.17, 15) is 9.90 Å². The smallest absolute Gasteiger partial charge is 0.252 e.